The molecular formula is C22H25ClN2O. The van der Waals surface area contributed by atoms with E-state index in [9.17, 15) is 0 Å². The van der Waals surface area contributed by atoms with Gasteiger partial charge in [-0.25, -0.2) is 0 Å². The van der Waals surface area contributed by atoms with Crippen LogP contribution in [-0.2, 0) is 19.4 Å². The Balaban J connectivity index is 1.72. The number of rotatable bonds is 4. The lowest BCUT2D eigenvalue weighted by Gasteiger charge is -2.31. The van der Waals surface area contributed by atoms with Crippen LogP contribution in [0.4, 0.5) is 0 Å². The highest BCUT2D eigenvalue weighted by Gasteiger charge is 2.27. The Hall–Kier alpha value is -1.97. The Labute approximate surface area is 160 Å². The standard InChI is InChI=1S/C22H25ClN2O/c1-15-22-19-14-17(23)6-9-20(19)25(21(22)11-12-24(15)2)13-10-16-4-7-18(26-3)8-5-16/h4-9,14-15H,10-13H2,1-3H3. The van der Waals surface area contributed by atoms with Crippen molar-refractivity contribution in [3.05, 3.63) is 64.3 Å². The van der Waals surface area contributed by atoms with Gasteiger partial charge in [0.1, 0.15) is 5.75 Å². The summed E-state index contributed by atoms with van der Waals surface area (Å²) in [5, 5.41) is 2.12. The monoisotopic (exact) mass is 368 g/mol. The molecule has 2 heterocycles. The third-order valence-electron chi connectivity index (χ3n) is 5.74. The molecule has 0 N–H and O–H groups in total. The highest BCUT2D eigenvalue weighted by atomic mass is 35.5. The molecule has 0 saturated heterocycles. The summed E-state index contributed by atoms with van der Waals surface area (Å²) in [7, 11) is 3.91. The van der Waals surface area contributed by atoms with Crippen molar-refractivity contribution in [3.63, 3.8) is 0 Å². The molecule has 0 radical (unpaired) electrons. The first-order chi connectivity index (χ1) is 12.6. The lowest BCUT2D eigenvalue weighted by atomic mass is 9.97. The number of likely N-dealkylation sites (N-methyl/N-ethyl adjacent to an activating group) is 1. The number of benzene rings is 2. The van der Waals surface area contributed by atoms with Crippen molar-refractivity contribution >= 4 is 22.5 Å². The Bertz CT molecular complexity index is 929. The minimum atomic E-state index is 0.418. The number of methoxy groups -OCH3 is 1. The quantitative estimate of drug-likeness (QED) is 0.637. The summed E-state index contributed by atoms with van der Waals surface area (Å²) in [4.78, 5) is 2.43. The van der Waals surface area contributed by atoms with E-state index >= 15 is 0 Å². The smallest absolute Gasteiger partial charge is 0.118 e. The number of aromatic nitrogens is 1. The van der Waals surface area contributed by atoms with Gasteiger partial charge in [-0.05, 0) is 61.9 Å². The molecule has 4 heteroatoms. The fourth-order valence-corrected chi connectivity index (χ4v) is 4.30. The molecule has 1 aromatic heterocycles. The van der Waals surface area contributed by atoms with E-state index in [-0.39, 0.29) is 0 Å². The van der Waals surface area contributed by atoms with E-state index in [2.05, 4.69) is 47.7 Å². The second-order valence-corrected chi connectivity index (χ2v) is 7.61. The highest BCUT2D eigenvalue weighted by molar-refractivity contribution is 6.31. The molecule has 136 valence electrons. The molecule has 3 nitrogen and oxygen atoms in total. The van der Waals surface area contributed by atoms with Crippen molar-refractivity contribution in [2.45, 2.75) is 32.4 Å². The summed E-state index contributed by atoms with van der Waals surface area (Å²) in [5.74, 6) is 0.907. The molecule has 0 saturated carbocycles. The van der Waals surface area contributed by atoms with E-state index in [1.54, 1.807) is 7.11 Å². The lowest BCUT2D eigenvalue weighted by molar-refractivity contribution is 0.245. The Morgan fingerprint density at radius 1 is 1.15 bits per heavy atom. The minimum absolute atomic E-state index is 0.418. The molecule has 2 aromatic carbocycles. The van der Waals surface area contributed by atoms with Crippen molar-refractivity contribution in [2.24, 2.45) is 0 Å². The number of ether oxygens (including phenoxy) is 1. The second kappa shape index (κ2) is 6.98. The average molecular weight is 369 g/mol. The zero-order valence-electron chi connectivity index (χ0n) is 15.6. The van der Waals surface area contributed by atoms with Crippen LogP contribution in [0.25, 0.3) is 10.9 Å². The third kappa shape index (κ3) is 3.00. The van der Waals surface area contributed by atoms with Gasteiger partial charge in [0.15, 0.2) is 0 Å². The summed E-state index contributed by atoms with van der Waals surface area (Å²) in [6, 6.07) is 15.1. The number of aryl methyl sites for hydroxylation is 2. The minimum Gasteiger partial charge on any atom is -0.497 e. The van der Waals surface area contributed by atoms with Crippen molar-refractivity contribution in [1.82, 2.24) is 9.47 Å². The van der Waals surface area contributed by atoms with Crippen LogP contribution in [-0.4, -0.2) is 30.2 Å². The topological polar surface area (TPSA) is 17.4 Å². The summed E-state index contributed by atoms with van der Waals surface area (Å²) in [5.41, 5.74) is 5.55. The largest absolute Gasteiger partial charge is 0.497 e. The van der Waals surface area contributed by atoms with E-state index in [1.807, 2.05) is 18.2 Å². The van der Waals surface area contributed by atoms with Crippen molar-refractivity contribution in [1.29, 1.82) is 0 Å². The van der Waals surface area contributed by atoms with Crippen LogP contribution < -0.4 is 4.74 Å². The van der Waals surface area contributed by atoms with Gasteiger partial charge in [0.2, 0.25) is 0 Å². The van der Waals surface area contributed by atoms with Gasteiger partial charge in [-0.2, -0.15) is 0 Å². The summed E-state index contributed by atoms with van der Waals surface area (Å²) in [6.45, 7) is 4.38. The first-order valence-electron chi connectivity index (χ1n) is 9.22. The molecule has 26 heavy (non-hydrogen) atoms. The van der Waals surface area contributed by atoms with E-state index in [0.717, 1.165) is 36.7 Å². The van der Waals surface area contributed by atoms with E-state index < -0.39 is 0 Å². The predicted octanol–water partition coefficient (Wildman–Crippen LogP) is 5.09. The predicted molar refractivity (Wildman–Crippen MR) is 108 cm³/mol. The van der Waals surface area contributed by atoms with E-state index in [1.165, 1.54) is 27.7 Å². The molecule has 1 aliphatic heterocycles. The van der Waals surface area contributed by atoms with Gasteiger partial charge >= 0.3 is 0 Å². The van der Waals surface area contributed by atoms with Gasteiger partial charge in [0.05, 0.1) is 7.11 Å². The molecule has 0 bridgehead atoms. The van der Waals surface area contributed by atoms with Gasteiger partial charge in [-0.15, -0.1) is 0 Å². The van der Waals surface area contributed by atoms with Gasteiger partial charge in [0.25, 0.3) is 0 Å². The normalized spacial score (nSPS) is 17.5. The van der Waals surface area contributed by atoms with Crippen LogP contribution >= 0.6 is 11.6 Å². The zero-order valence-corrected chi connectivity index (χ0v) is 16.4. The molecular weight excluding hydrogens is 344 g/mol. The Morgan fingerprint density at radius 3 is 2.65 bits per heavy atom. The maximum Gasteiger partial charge on any atom is 0.118 e. The number of nitrogens with zero attached hydrogens (tertiary/aromatic N) is 2. The molecule has 1 atom stereocenters. The summed E-state index contributed by atoms with van der Waals surface area (Å²) >= 11 is 6.32. The lowest BCUT2D eigenvalue weighted by Crippen LogP contribution is -2.31. The first-order valence-corrected chi connectivity index (χ1v) is 9.60. The first kappa shape index (κ1) is 17.4. The molecule has 3 aromatic rings. The second-order valence-electron chi connectivity index (χ2n) is 7.18. The highest BCUT2D eigenvalue weighted by Crippen LogP contribution is 2.38. The van der Waals surface area contributed by atoms with E-state index in [0.29, 0.717) is 6.04 Å². The third-order valence-corrected chi connectivity index (χ3v) is 5.97. The number of hydrogen-bond donors (Lipinski definition) is 0. The SMILES string of the molecule is COc1ccc(CCn2c3c(c4cc(Cl)ccc42)C(C)N(C)CC3)cc1. The molecule has 1 aliphatic rings. The molecule has 0 aliphatic carbocycles. The molecule has 0 fully saturated rings. The van der Waals surface area contributed by atoms with Gasteiger partial charge in [0, 0.05) is 47.2 Å². The van der Waals surface area contributed by atoms with Crippen molar-refractivity contribution in [2.75, 3.05) is 20.7 Å². The van der Waals surface area contributed by atoms with Gasteiger partial charge < -0.3 is 9.30 Å². The zero-order chi connectivity index (χ0) is 18.3. The fraction of sp³-hybridized carbons (Fsp3) is 0.364. The van der Waals surface area contributed by atoms with Crippen LogP contribution in [0.1, 0.15) is 29.8 Å². The van der Waals surface area contributed by atoms with E-state index in [4.69, 9.17) is 16.3 Å². The number of hydrogen-bond acceptors (Lipinski definition) is 2. The summed E-state index contributed by atoms with van der Waals surface area (Å²) in [6.07, 6.45) is 2.10. The van der Waals surface area contributed by atoms with Crippen LogP contribution in [0.2, 0.25) is 5.02 Å². The molecule has 0 spiro atoms. The van der Waals surface area contributed by atoms with Crippen LogP contribution in [0, 0.1) is 0 Å². The van der Waals surface area contributed by atoms with Crippen molar-refractivity contribution < 1.29 is 4.74 Å². The van der Waals surface area contributed by atoms with Crippen LogP contribution in [0.3, 0.4) is 0 Å². The van der Waals surface area contributed by atoms with Gasteiger partial charge in [-0.3, -0.25) is 4.90 Å². The number of fused-ring (bicyclic) bond motifs is 3. The number of halogens is 1. The van der Waals surface area contributed by atoms with Crippen LogP contribution in [0.15, 0.2) is 42.5 Å². The van der Waals surface area contributed by atoms with Crippen molar-refractivity contribution in [3.8, 4) is 5.75 Å². The average Bonchev–Trinajstić information content (AvgIpc) is 2.96. The summed E-state index contributed by atoms with van der Waals surface area (Å²) < 4.78 is 7.77. The molecule has 4 rings (SSSR count). The Morgan fingerprint density at radius 2 is 1.92 bits per heavy atom. The maximum atomic E-state index is 6.32. The maximum absolute atomic E-state index is 6.32. The van der Waals surface area contributed by atoms with Gasteiger partial charge in [-0.1, -0.05) is 23.7 Å². The van der Waals surface area contributed by atoms with Crippen LogP contribution in [0.5, 0.6) is 5.75 Å². The molecule has 1 unspecified atom stereocenters. The molecule has 0 amide bonds. The fourth-order valence-electron chi connectivity index (χ4n) is 4.13. The Kier molecular flexibility index (Phi) is 4.68.